The fourth-order valence-corrected chi connectivity index (χ4v) is 3.51. The fourth-order valence-electron chi connectivity index (χ4n) is 3.51. The summed E-state index contributed by atoms with van der Waals surface area (Å²) in [4.78, 5) is 27.9. The van der Waals surface area contributed by atoms with E-state index in [9.17, 15) is 9.59 Å². The van der Waals surface area contributed by atoms with Crippen LogP contribution in [0, 0.1) is 20.8 Å². The first-order valence-corrected chi connectivity index (χ1v) is 10.9. The first-order chi connectivity index (χ1) is 14.5. The van der Waals surface area contributed by atoms with E-state index in [4.69, 9.17) is 4.74 Å². The van der Waals surface area contributed by atoms with E-state index in [0.29, 0.717) is 18.7 Å². The molecule has 5 heteroatoms. The van der Waals surface area contributed by atoms with Gasteiger partial charge in [-0.05, 0) is 76.8 Å². The molecule has 0 radical (unpaired) electrons. The van der Waals surface area contributed by atoms with E-state index < -0.39 is 6.04 Å². The quantitative estimate of drug-likeness (QED) is 0.667. The normalized spacial score (nSPS) is 12.2. The van der Waals surface area contributed by atoms with E-state index in [1.54, 1.807) is 4.90 Å². The average molecular weight is 425 g/mol. The lowest BCUT2D eigenvalue weighted by Crippen LogP contribution is -2.54. The van der Waals surface area contributed by atoms with Gasteiger partial charge in [-0.15, -0.1) is 0 Å². The Morgan fingerprint density at radius 3 is 2.06 bits per heavy atom. The monoisotopic (exact) mass is 424 g/mol. The number of nitrogens with zero attached hydrogens (tertiary/aromatic N) is 1. The predicted molar refractivity (Wildman–Crippen MR) is 125 cm³/mol. The zero-order valence-electron chi connectivity index (χ0n) is 19.9. The van der Waals surface area contributed by atoms with Gasteiger partial charge >= 0.3 is 0 Å². The maximum atomic E-state index is 13.2. The van der Waals surface area contributed by atoms with Crippen LogP contribution in [0.2, 0.25) is 0 Å². The lowest BCUT2D eigenvalue weighted by Gasteiger charge is -2.33. The molecule has 2 aromatic rings. The van der Waals surface area contributed by atoms with Gasteiger partial charge in [0, 0.05) is 12.1 Å². The molecular weight excluding hydrogens is 388 g/mol. The molecule has 1 atom stereocenters. The highest BCUT2D eigenvalue weighted by Crippen LogP contribution is 2.18. The number of carbonyl (C=O) groups excluding carboxylic acids is 2. The molecule has 2 amide bonds. The Kier molecular flexibility index (Phi) is 8.26. The van der Waals surface area contributed by atoms with Crippen LogP contribution in [0.15, 0.2) is 42.5 Å². The van der Waals surface area contributed by atoms with Gasteiger partial charge in [-0.1, -0.05) is 42.8 Å². The number of benzene rings is 2. The number of carbonyl (C=O) groups is 2. The third-order valence-corrected chi connectivity index (χ3v) is 4.92. The first-order valence-electron chi connectivity index (χ1n) is 10.9. The molecule has 0 spiro atoms. The summed E-state index contributed by atoms with van der Waals surface area (Å²) in [6.07, 6.45) is 0.517. The summed E-state index contributed by atoms with van der Waals surface area (Å²) in [5.74, 6) is 0.297. The number of rotatable bonds is 8. The van der Waals surface area contributed by atoms with Crippen LogP contribution in [0.1, 0.15) is 56.4 Å². The Labute approximate surface area is 186 Å². The Bertz CT molecular complexity index is 878. The van der Waals surface area contributed by atoms with Gasteiger partial charge in [-0.2, -0.15) is 0 Å². The molecule has 1 N–H and O–H groups in total. The van der Waals surface area contributed by atoms with Gasteiger partial charge in [0.1, 0.15) is 11.8 Å². The Balaban J connectivity index is 2.24. The highest BCUT2D eigenvalue weighted by atomic mass is 16.5. The minimum atomic E-state index is -0.573. The van der Waals surface area contributed by atoms with Crippen molar-refractivity contribution in [2.45, 2.75) is 73.0 Å². The van der Waals surface area contributed by atoms with Gasteiger partial charge in [0.05, 0.1) is 0 Å². The molecule has 0 unspecified atom stereocenters. The zero-order chi connectivity index (χ0) is 23.2. The molecule has 0 saturated carbocycles. The summed E-state index contributed by atoms with van der Waals surface area (Å²) in [6, 6.07) is 13.3. The lowest BCUT2D eigenvalue weighted by atomic mass is 10.1. The topological polar surface area (TPSA) is 58.6 Å². The second kappa shape index (κ2) is 10.5. The zero-order valence-corrected chi connectivity index (χ0v) is 19.9. The second-order valence-electron chi connectivity index (χ2n) is 9.28. The smallest absolute Gasteiger partial charge is 0.261 e. The van der Waals surface area contributed by atoms with Crippen molar-refractivity contribution in [3.63, 3.8) is 0 Å². The van der Waals surface area contributed by atoms with Crippen molar-refractivity contribution in [3.05, 3.63) is 64.7 Å². The highest BCUT2D eigenvalue weighted by molar-refractivity contribution is 5.88. The third kappa shape index (κ3) is 7.74. The van der Waals surface area contributed by atoms with E-state index >= 15 is 0 Å². The number of hydrogen-bond donors (Lipinski definition) is 1. The van der Waals surface area contributed by atoms with Crippen LogP contribution >= 0.6 is 0 Å². The average Bonchev–Trinajstić information content (AvgIpc) is 2.65. The van der Waals surface area contributed by atoms with E-state index in [-0.39, 0.29) is 24.0 Å². The molecule has 0 saturated heterocycles. The van der Waals surface area contributed by atoms with Crippen LogP contribution < -0.4 is 10.1 Å². The summed E-state index contributed by atoms with van der Waals surface area (Å²) >= 11 is 0. The molecule has 0 aliphatic heterocycles. The van der Waals surface area contributed by atoms with Gasteiger partial charge in [-0.25, -0.2) is 0 Å². The number of ether oxygens (including phenoxy) is 1. The predicted octanol–water partition coefficient (Wildman–Crippen LogP) is 4.71. The Hall–Kier alpha value is -2.82. The van der Waals surface area contributed by atoms with Crippen molar-refractivity contribution in [3.8, 4) is 5.75 Å². The Morgan fingerprint density at radius 1 is 0.968 bits per heavy atom. The largest absolute Gasteiger partial charge is 0.484 e. The van der Waals surface area contributed by atoms with Gasteiger partial charge in [0.25, 0.3) is 5.91 Å². The summed E-state index contributed by atoms with van der Waals surface area (Å²) in [7, 11) is 0. The summed E-state index contributed by atoms with van der Waals surface area (Å²) < 4.78 is 5.82. The molecule has 0 heterocycles. The van der Waals surface area contributed by atoms with Crippen molar-refractivity contribution in [1.29, 1.82) is 0 Å². The van der Waals surface area contributed by atoms with E-state index in [1.807, 2.05) is 84.9 Å². The van der Waals surface area contributed by atoms with Crippen molar-refractivity contribution < 1.29 is 14.3 Å². The minimum Gasteiger partial charge on any atom is -0.484 e. The first kappa shape index (κ1) is 24.4. The third-order valence-electron chi connectivity index (χ3n) is 4.92. The van der Waals surface area contributed by atoms with Crippen molar-refractivity contribution in [1.82, 2.24) is 10.2 Å². The molecule has 0 bridgehead atoms. The maximum absolute atomic E-state index is 13.2. The highest BCUT2D eigenvalue weighted by Gasteiger charge is 2.30. The number of hydrogen-bond acceptors (Lipinski definition) is 3. The lowest BCUT2D eigenvalue weighted by molar-refractivity contribution is -0.143. The molecule has 168 valence electrons. The van der Waals surface area contributed by atoms with Crippen LogP contribution in [0.25, 0.3) is 0 Å². The molecule has 5 nitrogen and oxygen atoms in total. The molecule has 31 heavy (non-hydrogen) atoms. The SMILES string of the molecule is CC[C@@H](C(=O)NC(C)(C)C)N(Cc1ccc(C)cc1)C(=O)COc1cc(C)cc(C)c1. The standard InChI is InChI=1S/C26H36N2O3/c1-8-23(25(30)27-26(5,6)7)28(16-21-11-9-18(2)10-12-21)24(29)17-31-22-14-19(3)13-20(4)15-22/h9-15,23H,8,16-17H2,1-7H3,(H,27,30)/t23-/m0/s1. The van der Waals surface area contributed by atoms with Crippen LogP contribution in [-0.2, 0) is 16.1 Å². The van der Waals surface area contributed by atoms with Crippen LogP contribution in [-0.4, -0.2) is 34.9 Å². The molecule has 0 aromatic heterocycles. The van der Waals surface area contributed by atoms with E-state index in [2.05, 4.69) is 11.4 Å². The van der Waals surface area contributed by atoms with Crippen LogP contribution in [0.4, 0.5) is 0 Å². The fraction of sp³-hybridized carbons (Fsp3) is 0.462. The maximum Gasteiger partial charge on any atom is 0.261 e. The van der Waals surface area contributed by atoms with Crippen molar-refractivity contribution in [2.75, 3.05) is 6.61 Å². The minimum absolute atomic E-state index is 0.117. The van der Waals surface area contributed by atoms with Crippen LogP contribution in [0.3, 0.4) is 0 Å². The van der Waals surface area contributed by atoms with Crippen molar-refractivity contribution in [2.24, 2.45) is 0 Å². The van der Waals surface area contributed by atoms with Gasteiger partial charge in [0.2, 0.25) is 5.91 Å². The number of amides is 2. The summed E-state index contributed by atoms with van der Waals surface area (Å²) in [5.41, 5.74) is 3.91. The van der Waals surface area contributed by atoms with Gasteiger partial charge in [0.15, 0.2) is 6.61 Å². The van der Waals surface area contributed by atoms with Gasteiger partial charge < -0.3 is 15.0 Å². The van der Waals surface area contributed by atoms with Crippen LogP contribution in [0.5, 0.6) is 5.75 Å². The molecule has 2 aromatic carbocycles. The molecular formula is C26H36N2O3. The van der Waals surface area contributed by atoms with Gasteiger partial charge in [-0.3, -0.25) is 9.59 Å². The van der Waals surface area contributed by atoms with E-state index in [1.165, 1.54) is 0 Å². The van der Waals surface area contributed by atoms with Crippen molar-refractivity contribution >= 4 is 11.8 Å². The molecule has 0 fully saturated rings. The number of nitrogens with one attached hydrogen (secondary N) is 1. The Morgan fingerprint density at radius 2 is 1.55 bits per heavy atom. The summed E-state index contributed by atoms with van der Waals surface area (Å²) in [6.45, 7) is 14.0. The summed E-state index contributed by atoms with van der Waals surface area (Å²) in [5, 5.41) is 3.02. The molecule has 2 rings (SSSR count). The molecule has 0 aliphatic carbocycles. The number of aryl methyl sites for hydroxylation is 3. The van der Waals surface area contributed by atoms with E-state index in [0.717, 1.165) is 22.3 Å². The second-order valence-corrected chi connectivity index (χ2v) is 9.28. The molecule has 0 aliphatic rings.